The first kappa shape index (κ1) is 22.9. The monoisotopic (exact) mass is 435 g/mol. The molecule has 1 aromatic carbocycles. The van der Waals surface area contributed by atoms with Crippen LogP contribution >= 0.6 is 11.3 Å². The number of hydrogen-bond donors (Lipinski definition) is 3. The maximum atomic E-state index is 12.3. The smallest absolute Gasteiger partial charge is 0.300 e. The van der Waals surface area contributed by atoms with Crippen LogP contribution in [-0.2, 0) is 21.3 Å². The molecule has 1 amide bonds. The van der Waals surface area contributed by atoms with Crippen LogP contribution in [0.2, 0.25) is 0 Å². The number of carbonyl (C=O) groups excluding carboxylic acids is 1. The number of aliphatic carboxylic acids is 1. The molecule has 27 heavy (non-hydrogen) atoms. The molecule has 1 aromatic heterocycles. The molecule has 8 nitrogen and oxygen atoms in total. The fraction of sp³-hybridized carbons (Fsp3) is 0.353. The van der Waals surface area contributed by atoms with Crippen LogP contribution in [0.25, 0.3) is 0 Å². The van der Waals surface area contributed by atoms with Crippen LogP contribution in [0.5, 0.6) is 0 Å². The average Bonchev–Trinajstić information content (AvgIpc) is 3.07. The van der Waals surface area contributed by atoms with Crippen LogP contribution in [0, 0.1) is 0 Å². The van der Waals surface area contributed by atoms with E-state index in [2.05, 4.69) is 27.1 Å². The van der Waals surface area contributed by atoms with Crippen molar-refractivity contribution in [2.24, 2.45) is 0 Å². The molecule has 0 aliphatic carbocycles. The van der Waals surface area contributed by atoms with Gasteiger partial charge in [0.1, 0.15) is 4.88 Å². The Labute approximate surface area is 172 Å². The Kier molecular flexibility index (Phi) is 9.21. The van der Waals surface area contributed by atoms with Crippen molar-refractivity contribution in [1.29, 1.82) is 0 Å². The molecular weight excluding hydrogens is 413 g/mol. The number of hydrogen-bond acceptors (Lipinski definition) is 7. The molecule has 4 N–H and O–H groups in total. The quantitative estimate of drug-likeness (QED) is 0.497. The molecule has 2 heterocycles. The molecule has 1 saturated heterocycles. The number of nitrogens with one attached hydrogen (secondary N) is 1. The van der Waals surface area contributed by atoms with Crippen molar-refractivity contribution in [2.45, 2.75) is 6.92 Å². The van der Waals surface area contributed by atoms with E-state index in [1.807, 2.05) is 12.1 Å². The number of carbonyl (C=O) groups is 2. The normalized spacial score (nSPS) is 13.8. The topological polar surface area (TPSA) is 112 Å². The van der Waals surface area contributed by atoms with Crippen molar-refractivity contribution >= 4 is 39.7 Å². The van der Waals surface area contributed by atoms with Gasteiger partial charge in [0.25, 0.3) is 11.9 Å². The number of aromatic nitrogens is 1. The third-order valence-electron chi connectivity index (χ3n) is 3.70. The predicted molar refractivity (Wildman–Crippen MR) is 104 cm³/mol. The summed E-state index contributed by atoms with van der Waals surface area (Å²) in [5.41, 5.74) is 7.02. The van der Waals surface area contributed by atoms with Crippen LogP contribution in [-0.4, -0.2) is 60.1 Å². The Bertz CT molecular complexity index is 759. The van der Waals surface area contributed by atoms with E-state index in [0.717, 1.165) is 38.2 Å². The van der Waals surface area contributed by atoms with E-state index in [1.165, 1.54) is 11.3 Å². The summed E-state index contributed by atoms with van der Waals surface area (Å²) in [7, 11) is 2.11. The van der Waals surface area contributed by atoms with E-state index in [0.29, 0.717) is 16.3 Å². The first-order chi connectivity index (χ1) is 12.4. The molecule has 10 heteroatoms. The van der Waals surface area contributed by atoms with Crippen molar-refractivity contribution in [3.8, 4) is 0 Å². The fourth-order valence-corrected chi connectivity index (χ4v) is 3.17. The van der Waals surface area contributed by atoms with Crippen molar-refractivity contribution < 1.29 is 31.2 Å². The number of nitrogens with two attached hydrogens (primary N) is 1. The van der Waals surface area contributed by atoms with Crippen LogP contribution in [0.3, 0.4) is 0 Å². The molecule has 1 aliphatic heterocycles. The van der Waals surface area contributed by atoms with Crippen LogP contribution < -0.4 is 16.0 Å². The van der Waals surface area contributed by atoms with Gasteiger partial charge in [-0.05, 0) is 19.2 Å². The molecule has 0 radical (unpaired) electrons. The minimum absolute atomic E-state index is 0. The van der Waals surface area contributed by atoms with Gasteiger partial charge in [0.2, 0.25) is 0 Å². The molecule has 2 aromatic rings. The van der Waals surface area contributed by atoms with Crippen molar-refractivity contribution in [1.82, 2.24) is 9.88 Å². The van der Waals surface area contributed by atoms with E-state index >= 15 is 0 Å². The number of piperazine rings is 1. The Morgan fingerprint density at radius 3 is 2.41 bits per heavy atom. The number of para-hydroxylation sites is 2. The Morgan fingerprint density at radius 1 is 1.22 bits per heavy atom. The summed E-state index contributed by atoms with van der Waals surface area (Å²) < 4.78 is 0. The first-order valence-electron chi connectivity index (χ1n) is 8.11. The molecule has 1 fully saturated rings. The van der Waals surface area contributed by atoms with E-state index < -0.39 is 5.97 Å². The van der Waals surface area contributed by atoms with Gasteiger partial charge >= 0.3 is 0 Å². The maximum absolute atomic E-state index is 12.3. The second-order valence-corrected chi connectivity index (χ2v) is 6.87. The zero-order valence-electron chi connectivity index (χ0n) is 15.1. The third-order valence-corrected chi connectivity index (χ3v) is 4.76. The van der Waals surface area contributed by atoms with Crippen LogP contribution in [0.4, 0.5) is 16.5 Å². The van der Waals surface area contributed by atoms with Crippen molar-refractivity contribution in [2.75, 3.05) is 49.2 Å². The molecule has 0 saturated carbocycles. The van der Waals surface area contributed by atoms with Gasteiger partial charge in [0.05, 0.1) is 17.6 Å². The maximum Gasteiger partial charge on any atom is 0.300 e. The van der Waals surface area contributed by atoms with Crippen molar-refractivity contribution in [3.63, 3.8) is 0 Å². The van der Waals surface area contributed by atoms with E-state index in [1.54, 1.807) is 18.3 Å². The number of anilines is 3. The largest absolute Gasteiger partial charge is 0.481 e. The SMILES string of the molecule is CC(=O)O.CN1CCN(c2ncc(C(=O)Nc3ccccc3N)s2)CC1.[Ni]. The number of benzene rings is 1. The number of likely N-dealkylation sites (N-methyl/N-ethyl adjacent to an activating group) is 1. The summed E-state index contributed by atoms with van der Waals surface area (Å²) in [6, 6.07) is 7.23. The minimum atomic E-state index is -0.833. The molecule has 3 rings (SSSR count). The number of amides is 1. The van der Waals surface area contributed by atoms with Gasteiger partial charge in [-0.1, -0.05) is 23.5 Å². The second-order valence-electron chi connectivity index (χ2n) is 5.86. The van der Waals surface area contributed by atoms with E-state index in [9.17, 15) is 4.79 Å². The van der Waals surface area contributed by atoms with Gasteiger partial charge in [-0.15, -0.1) is 0 Å². The summed E-state index contributed by atoms with van der Waals surface area (Å²) >= 11 is 1.42. The number of carboxylic acid groups (broad SMARTS) is 1. The van der Waals surface area contributed by atoms with Gasteiger partial charge in [-0.25, -0.2) is 4.98 Å². The molecule has 150 valence electrons. The standard InChI is InChI=1S/C15H19N5OS.C2H4O2.Ni/c1-19-6-8-20(9-7-19)15-17-10-13(22-15)14(21)18-12-5-3-2-4-11(12)16;1-2(3)4;/h2-5,10H,6-9,16H2,1H3,(H,18,21);1H3,(H,3,4);. The summed E-state index contributed by atoms with van der Waals surface area (Å²) in [6.45, 7) is 5.00. The van der Waals surface area contributed by atoms with Crippen LogP contribution in [0.1, 0.15) is 16.6 Å². The number of carboxylic acids is 1. The van der Waals surface area contributed by atoms with Gasteiger partial charge in [0, 0.05) is 49.6 Å². The average molecular weight is 436 g/mol. The minimum Gasteiger partial charge on any atom is -0.481 e. The number of nitrogen functional groups attached to an aromatic ring is 1. The summed E-state index contributed by atoms with van der Waals surface area (Å²) in [5.74, 6) is -1.00. The summed E-state index contributed by atoms with van der Waals surface area (Å²) in [4.78, 5) is 30.8. The van der Waals surface area contributed by atoms with E-state index in [4.69, 9.17) is 15.6 Å². The number of nitrogens with zero attached hydrogens (tertiary/aromatic N) is 3. The Morgan fingerprint density at radius 2 is 1.81 bits per heavy atom. The van der Waals surface area contributed by atoms with Crippen LogP contribution in [0.15, 0.2) is 30.5 Å². The number of thiazole rings is 1. The van der Waals surface area contributed by atoms with Gasteiger partial charge in [-0.3, -0.25) is 9.59 Å². The predicted octanol–water partition coefficient (Wildman–Crippen LogP) is 1.82. The van der Waals surface area contributed by atoms with E-state index in [-0.39, 0.29) is 22.4 Å². The fourth-order valence-electron chi connectivity index (χ4n) is 2.31. The summed E-state index contributed by atoms with van der Waals surface area (Å²) in [6.07, 6.45) is 1.63. The van der Waals surface area contributed by atoms with Gasteiger partial charge in [-0.2, -0.15) is 0 Å². The Hall–Kier alpha value is -2.16. The zero-order valence-corrected chi connectivity index (χ0v) is 16.9. The van der Waals surface area contributed by atoms with Gasteiger partial charge in [0.15, 0.2) is 5.13 Å². The molecular formula is C17H23N5NiO3S. The third kappa shape index (κ3) is 7.17. The zero-order chi connectivity index (χ0) is 19.1. The molecule has 0 unspecified atom stereocenters. The second kappa shape index (κ2) is 10.9. The van der Waals surface area contributed by atoms with Gasteiger partial charge < -0.3 is 26.0 Å². The summed E-state index contributed by atoms with van der Waals surface area (Å²) in [5, 5.41) is 11.1. The molecule has 0 bridgehead atoms. The van der Waals surface area contributed by atoms with Crippen molar-refractivity contribution in [3.05, 3.63) is 35.3 Å². The first-order valence-corrected chi connectivity index (χ1v) is 8.93. The molecule has 0 spiro atoms. The molecule has 1 aliphatic rings. The molecule has 0 atom stereocenters. The Balaban J connectivity index is 0.000000666. The number of rotatable bonds is 3.